The van der Waals surface area contributed by atoms with Gasteiger partial charge in [0.15, 0.2) is 0 Å². The van der Waals surface area contributed by atoms with Crippen molar-refractivity contribution in [3.05, 3.63) is 57.9 Å². The molecule has 106 valence electrons. The van der Waals surface area contributed by atoms with Gasteiger partial charge in [0.25, 0.3) is 0 Å². The zero-order valence-corrected chi connectivity index (χ0v) is 13.1. The highest BCUT2D eigenvalue weighted by Gasteiger charge is 2.20. The summed E-state index contributed by atoms with van der Waals surface area (Å²) in [5.74, 6) is 1.58. The minimum absolute atomic E-state index is 0.502. The maximum absolute atomic E-state index is 6.04. The lowest BCUT2D eigenvalue weighted by atomic mass is 10.1. The van der Waals surface area contributed by atoms with Gasteiger partial charge >= 0.3 is 0 Å². The van der Waals surface area contributed by atoms with Crippen molar-refractivity contribution in [1.82, 2.24) is 4.98 Å². The second-order valence-electron chi connectivity index (χ2n) is 5.33. The molecule has 2 nitrogen and oxygen atoms in total. The van der Waals surface area contributed by atoms with Gasteiger partial charge in [-0.15, -0.1) is 22.9 Å². The van der Waals surface area contributed by atoms with Gasteiger partial charge in [-0.1, -0.05) is 24.3 Å². The first-order valence-electron chi connectivity index (χ1n) is 7.09. The number of thiophene rings is 1. The van der Waals surface area contributed by atoms with Gasteiger partial charge in [-0.05, 0) is 34.4 Å². The Morgan fingerprint density at radius 3 is 2.90 bits per heavy atom. The van der Waals surface area contributed by atoms with E-state index in [0.29, 0.717) is 5.88 Å². The van der Waals surface area contributed by atoms with Crippen molar-refractivity contribution in [3.63, 3.8) is 0 Å². The van der Waals surface area contributed by atoms with Crippen LogP contribution in [0.15, 0.2) is 41.9 Å². The molecule has 2 aromatic heterocycles. The van der Waals surface area contributed by atoms with Crippen molar-refractivity contribution >= 4 is 39.5 Å². The zero-order chi connectivity index (χ0) is 14.2. The minimum atomic E-state index is 0.502. The Morgan fingerprint density at radius 2 is 2.05 bits per heavy atom. The van der Waals surface area contributed by atoms with E-state index in [2.05, 4.69) is 40.6 Å². The molecule has 1 aromatic carbocycles. The van der Waals surface area contributed by atoms with E-state index in [0.717, 1.165) is 30.9 Å². The molecule has 0 saturated heterocycles. The Hall–Kier alpha value is -1.58. The highest BCUT2D eigenvalue weighted by molar-refractivity contribution is 7.10. The molecule has 0 bridgehead atoms. The molecule has 0 amide bonds. The number of benzene rings is 1. The Labute approximate surface area is 133 Å². The van der Waals surface area contributed by atoms with Crippen molar-refractivity contribution in [3.8, 4) is 0 Å². The third-order valence-corrected chi connectivity index (χ3v) is 5.42. The van der Waals surface area contributed by atoms with Crippen LogP contribution in [0.3, 0.4) is 0 Å². The van der Waals surface area contributed by atoms with E-state index in [-0.39, 0.29) is 0 Å². The predicted molar refractivity (Wildman–Crippen MR) is 90.4 cm³/mol. The number of rotatable bonds is 2. The Morgan fingerprint density at radius 1 is 1.19 bits per heavy atom. The summed E-state index contributed by atoms with van der Waals surface area (Å²) >= 11 is 7.91. The monoisotopic (exact) mass is 314 g/mol. The van der Waals surface area contributed by atoms with Crippen molar-refractivity contribution in [2.24, 2.45) is 0 Å². The van der Waals surface area contributed by atoms with Gasteiger partial charge in [0.1, 0.15) is 5.82 Å². The lowest BCUT2D eigenvalue weighted by molar-refractivity contribution is 0.735. The van der Waals surface area contributed by atoms with Crippen LogP contribution in [0.4, 0.5) is 5.82 Å². The van der Waals surface area contributed by atoms with Crippen LogP contribution >= 0.6 is 22.9 Å². The maximum Gasteiger partial charge on any atom is 0.136 e. The molecule has 21 heavy (non-hydrogen) atoms. The smallest absolute Gasteiger partial charge is 0.136 e. The van der Waals surface area contributed by atoms with Crippen LogP contribution in [0, 0.1) is 0 Å². The minimum Gasteiger partial charge on any atom is -0.351 e. The second-order valence-corrected chi connectivity index (χ2v) is 6.59. The predicted octanol–water partition coefficient (Wildman–Crippen LogP) is 4.60. The number of anilines is 1. The summed E-state index contributed by atoms with van der Waals surface area (Å²) in [4.78, 5) is 8.61. The number of fused-ring (bicyclic) bond motifs is 2. The standard InChI is InChI=1S/C17H15ClN2S/c18-9-13-10-19-17(15-4-2-1-3-14(13)15)20-7-5-16-12(11-20)6-8-21-16/h1-4,6,8,10H,5,7,9,11H2. The summed E-state index contributed by atoms with van der Waals surface area (Å²) < 4.78 is 0. The molecule has 3 heterocycles. The Balaban J connectivity index is 1.81. The van der Waals surface area contributed by atoms with Crippen molar-refractivity contribution in [1.29, 1.82) is 0 Å². The van der Waals surface area contributed by atoms with Crippen LogP contribution in [-0.4, -0.2) is 11.5 Å². The fourth-order valence-corrected chi connectivity index (χ4v) is 4.13. The fourth-order valence-electron chi connectivity index (χ4n) is 3.02. The summed E-state index contributed by atoms with van der Waals surface area (Å²) in [5.41, 5.74) is 2.54. The number of alkyl halides is 1. The van der Waals surface area contributed by atoms with Crippen LogP contribution in [-0.2, 0) is 18.8 Å². The summed E-state index contributed by atoms with van der Waals surface area (Å²) in [6.45, 7) is 1.99. The number of halogens is 1. The summed E-state index contributed by atoms with van der Waals surface area (Å²) in [6.07, 6.45) is 3.04. The van der Waals surface area contributed by atoms with Crippen LogP contribution in [0.1, 0.15) is 16.0 Å². The van der Waals surface area contributed by atoms with E-state index >= 15 is 0 Å². The summed E-state index contributed by atoms with van der Waals surface area (Å²) in [5, 5.41) is 4.61. The Kier molecular flexibility index (Phi) is 3.32. The highest BCUT2D eigenvalue weighted by Crippen LogP contribution is 2.32. The van der Waals surface area contributed by atoms with Crippen LogP contribution in [0.2, 0.25) is 0 Å². The maximum atomic E-state index is 6.04. The van der Waals surface area contributed by atoms with Crippen LogP contribution in [0.25, 0.3) is 10.8 Å². The molecule has 0 N–H and O–H groups in total. The lowest BCUT2D eigenvalue weighted by Crippen LogP contribution is -2.30. The molecule has 0 spiro atoms. The number of aromatic nitrogens is 1. The second kappa shape index (κ2) is 5.32. The summed E-state index contributed by atoms with van der Waals surface area (Å²) in [6, 6.07) is 10.7. The van der Waals surface area contributed by atoms with E-state index in [9.17, 15) is 0 Å². The van der Waals surface area contributed by atoms with E-state index in [4.69, 9.17) is 16.6 Å². The molecule has 4 rings (SSSR count). The third-order valence-electron chi connectivity index (χ3n) is 4.11. The molecule has 1 aliphatic heterocycles. The SMILES string of the molecule is ClCc1cnc(N2CCc3sccc3C2)c2ccccc12. The van der Waals surface area contributed by atoms with Gasteiger partial charge < -0.3 is 4.90 Å². The lowest BCUT2D eigenvalue weighted by Gasteiger charge is -2.29. The molecule has 3 aromatic rings. The largest absolute Gasteiger partial charge is 0.351 e. The van der Waals surface area contributed by atoms with E-state index in [1.807, 2.05) is 17.5 Å². The number of hydrogen-bond acceptors (Lipinski definition) is 3. The molecule has 0 fully saturated rings. The topological polar surface area (TPSA) is 16.1 Å². The van der Waals surface area contributed by atoms with Gasteiger partial charge in [-0.3, -0.25) is 0 Å². The zero-order valence-electron chi connectivity index (χ0n) is 11.6. The first-order valence-corrected chi connectivity index (χ1v) is 8.51. The van der Waals surface area contributed by atoms with E-state index < -0.39 is 0 Å². The number of hydrogen-bond donors (Lipinski definition) is 0. The molecule has 0 saturated carbocycles. The molecule has 0 radical (unpaired) electrons. The van der Waals surface area contributed by atoms with Gasteiger partial charge in [-0.2, -0.15) is 0 Å². The van der Waals surface area contributed by atoms with Gasteiger partial charge in [0.05, 0.1) is 0 Å². The molecule has 0 aliphatic carbocycles. The quantitative estimate of drug-likeness (QED) is 0.643. The Bertz CT molecular complexity index is 796. The molecular formula is C17H15ClN2S. The van der Waals surface area contributed by atoms with Crippen LogP contribution in [0.5, 0.6) is 0 Å². The van der Waals surface area contributed by atoms with E-state index in [1.54, 1.807) is 0 Å². The van der Waals surface area contributed by atoms with Crippen molar-refractivity contribution < 1.29 is 0 Å². The molecule has 0 unspecified atom stereocenters. The van der Waals surface area contributed by atoms with Crippen LogP contribution < -0.4 is 4.90 Å². The molecule has 0 atom stereocenters. The summed E-state index contributed by atoms with van der Waals surface area (Å²) in [7, 11) is 0. The normalized spacial score (nSPS) is 14.4. The van der Waals surface area contributed by atoms with Gasteiger partial charge in [0.2, 0.25) is 0 Å². The van der Waals surface area contributed by atoms with E-state index in [1.165, 1.54) is 21.2 Å². The first kappa shape index (κ1) is 13.1. The average molecular weight is 315 g/mol. The average Bonchev–Trinajstić information content (AvgIpc) is 3.01. The number of pyridine rings is 1. The number of nitrogens with zero attached hydrogens (tertiary/aromatic N) is 2. The molecule has 4 heteroatoms. The highest BCUT2D eigenvalue weighted by atomic mass is 35.5. The molecular weight excluding hydrogens is 300 g/mol. The van der Waals surface area contributed by atoms with Crippen molar-refractivity contribution in [2.45, 2.75) is 18.8 Å². The first-order chi connectivity index (χ1) is 10.4. The molecule has 1 aliphatic rings. The van der Waals surface area contributed by atoms with Crippen molar-refractivity contribution in [2.75, 3.05) is 11.4 Å². The van der Waals surface area contributed by atoms with Gasteiger partial charge in [0, 0.05) is 35.4 Å². The fraction of sp³-hybridized carbons (Fsp3) is 0.235. The third kappa shape index (κ3) is 2.21. The van der Waals surface area contributed by atoms with Gasteiger partial charge in [-0.25, -0.2) is 4.98 Å².